The zero-order valence-electron chi connectivity index (χ0n) is 15.3. The number of nitrogens with two attached hydrogens (primary N) is 1. The Bertz CT molecular complexity index is 1030. The van der Waals surface area contributed by atoms with Gasteiger partial charge in [-0.05, 0) is 24.3 Å². The van der Waals surface area contributed by atoms with E-state index in [0.717, 1.165) is 0 Å². The number of hydrogen-bond acceptors (Lipinski definition) is 4. The standard InChI is InChI=1S/C20H20F3N2O3S/c21-20(22,23)15-29(26,27)25(12-6-7-16(13-24)14-25)18-10-4-5-11-19(18)28-17-8-2-1-3-9-17/h1-11,14H,12-13,15,24H2/q+1. The fraction of sp³-hybridized carbons (Fsp3) is 0.200. The number of nitrogens with zero attached hydrogens (tertiary/aromatic N) is 1. The van der Waals surface area contributed by atoms with Crippen LogP contribution >= 0.6 is 0 Å². The van der Waals surface area contributed by atoms with Gasteiger partial charge in [0, 0.05) is 18.2 Å². The second kappa shape index (κ2) is 8.02. The molecule has 0 bridgehead atoms. The van der Waals surface area contributed by atoms with Gasteiger partial charge >= 0.3 is 16.2 Å². The number of quaternary nitrogens is 1. The SMILES string of the molecule is NCC1=C[N+](c2ccccc2Oc2ccccc2)(S(=O)(=O)CC(F)(F)F)CC=C1. The summed E-state index contributed by atoms with van der Waals surface area (Å²) in [6.07, 6.45) is -0.513. The van der Waals surface area contributed by atoms with Crippen LogP contribution in [0.5, 0.6) is 11.5 Å². The molecular weight excluding hydrogens is 405 g/mol. The van der Waals surface area contributed by atoms with Crippen LogP contribution < -0.4 is 14.4 Å². The summed E-state index contributed by atoms with van der Waals surface area (Å²) in [6.45, 7) is -0.225. The van der Waals surface area contributed by atoms with Crippen LogP contribution in [0.15, 0.2) is 78.5 Å². The third-order valence-corrected chi connectivity index (χ3v) is 6.54. The fourth-order valence-electron chi connectivity index (χ4n) is 3.15. The highest BCUT2D eigenvalue weighted by atomic mass is 32.2. The summed E-state index contributed by atoms with van der Waals surface area (Å²) in [5.74, 6) is -1.39. The van der Waals surface area contributed by atoms with E-state index in [2.05, 4.69) is 0 Å². The lowest BCUT2D eigenvalue weighted by molar-refractivity contribution is -0.106. The van der Waals surface area contributed by atoms with Crippen LogP contribution in [0.25, 0.3) is 0 Å². The van der Waals surface area contributed by atoms with Gasteiger partial charge in [-0.2, -0.15) is 25.5 Å². The molecule has 0 spiro atoms. The fourth-order valence-corrected chi connectivity index (χ4v) is 4.85. The monoisotopic (exact) mass is 425 g/mol. The van der Waals surface area contributed by atoms with Crippen molar-refractivity contribution in [3.8, 4) is 11.5 Å². The molecule has 0 radical (unpaired) electrons. The lowest BCUT2D eigenvalue weighted by Crippen LogP contribution is -2.54. The summed E-state index contributed by atoms with van der Waals surface area (Å²) < 4.78 is 70.3. The van der Waals surface area contributed by atoms with E-state index in [-0.39, 0.29) is 24.5 Å². The predicted molar refractivity (Wildman–Crippen MR) is 106 cm³/mol. The number of para-hydroxylation sites is 3. The predicted octanol–water partition coefficient (Wildman–Crippen LogP) is 4.09. The lowest BCUT2D eigenvalue weighted by Gasteiger charge is -2.35. The van der Waals surface area contributed by atoms with E-state index in [0.29, 0.717) is 11.3 Å². The van der Waals surface area contributed by atoms with Gasteiger partial charge in [-0.3, -0.25) is 0 Å². The topological polar surface area (TPSA) is 69.4 Å². The molecule has 2 aromatic rings. The average molecular weight is 425 g/mol. The van der Waals surface area contributed by atoms with Crippen molar-refractivity contribution in [2.24, 2.45) is 5.73 Å². The molecule has 1 aliphatic rings. The molecule has 5 nitrogen and oxygen atoms in total. The van der Waals surface area contributed by atoms with E-state index in [1.54, 1.807) is 48.5 Å². The van der Waals surface area contributed by atoms with Gasteiger partial charge in [0.2, 0.25) is 0 Å². The molecule has 0 saturated heterocycles. The summed E-state index contributed by atoms with van der Waals surface area (Å²) in [7, 11) is -4.76. The minimum atomic E-state index is -4.89. The summed E-state index contributed by atoms with van der Waals surface area (Å²) in [6, 6.07) is 14.8. The van der Waals surface area contributed by atoms with E-state index >= 15 is 0 Å². The molecule has 0 aliphatic carbocycles. The van der Waals surface area contributed by atoms with E-state index in [1.807, 2.05) is 0 Å². The molecule has 29 heavy (non-hydrogen) atoms. The first-order chi connectivity index (χ1) is 13.7. The molecular formula is C20H20F3N2O3S+. The Balaban J connectivity index is 2.19. The van der Waals surface area contributed by atoms with Crippen LogP contribution in [-0.4, -0.2) is 33.4 Å². The zero-order chi connectivity index (χ0) is 21.1. The Morgan fingerprint density at radius 3 is 2.34 bits per heavy atom. The second-order valence-electron chi connectivity index (χ2n) is 6.51. The molecule has 1 atom stereocenters. The Morgan fingerprint density at radius 2 is 1.69 bits per heavy atom. The summed E-state index contributed by atoms with van der Waals surface area (Å²) in [5, 5.41) is 0. The number of halogens is 3. The Morgan fingerprint density at radius 1 is 1.03 bits per heavy atom. The minimum absolute atomic E-state index is 0.0141. The van der Waals surface area contributed by atoms with Gasteiger partial charge in [-0.25, -0.2) is 0 Å². The average Bonchev–Trinajstić information content (AvgIpc) is 2.67. The van der Waals surface area contributed by atoms with Crippen molar-refractivity contribution in [2.75, 3.05) is 18.8 Å². The number of hydrogen-bond donors (Lipinski definition) is 1. The summed E-state index contributed by atoms with van der Waals surface area (Å²) in [5.41, 5.74) is 6.15. The summed E-state index contributed by atoms with van der Waals surface area (Å²) >= 11 is 0. The largest absolute Gasteiger partial charge is 0.451 e. The van der Waals surface area contributed by atoms with Gasteiger partial charge in [-0.15, -0.1) is 0 Å². The maximum Gasteiger partial charge on any atom is 0.408 e. The molecule has 2 N–H and O–H groups in total. The number of benzene rings is 2. The van der Waals surface area contributed by atoms with Gasteiger partial charge in [0.1, 0.15) is 18.5 Å². The Labute approximate surface area is 167 Å². The molecule has 2 aromatic carbocycles. The Kier molecular flexibility index (Phi) is 5.83. The van der Waals surface area contributed by atoms with Crippen molar-refractivity contribution >= 4 is 15.7 Å². The normalized spacial score (nSPS) is 19.7. The maximum absolute atomic E-state index is 13.1. The third-order valence-electron chi connectivity index (χ3n) is 4.41. The highest BCUT2D eigenvalue weighted by Crippen LogP contribution is 2.42. The number of sulfonamides is 1. The quantitative estimate of drug-likeness (QED) is 0.708. The molecule has 0 fully saturated rings. The molecule has 1 unspecified atom stereocenters. The zero-order valence-corrected chi connectivity index (χ0v) is 16.2. The van der Waals surface area contributed by atoms with Crippen LogP contribution in [0.2, 0.25) is 0 Å². The van der Waals surface area contributed by atoms with Crippen LogP contribution in [0.1, 0.15) is 0 Å². The van der Waals surface area contributed by atoms with E-state index in [9.17, 15) is 21.6 Å². The van der Waals surface area contributed by atoms with Gasteiger partial charge in [0.05, 0.1) is 0 Å². The highest BCUT2D eigenvalue weighted by Gasteiger charge is 2.51. The highest BCUT2D eigenvalue weighted by molar-refractivity contribution is 7.91. The van der Waals surface area contributed by atoms with Gasteiger partial charge in [-0.1, -0.05) is 36.4 Å². The minimum Gasteiger partial charge on any atom is -0.451 e. The summed E-state index contributed by atoms with van der Waals surface area (Å²) in [4.78, 5) is 0. The molecule has 0 aromatic heterocycles. The molecule has 154 valence electrons. The second-order valence-corrected chi connectivity index (χ2v) is 8.62. The molecule has 9 heteroatoms. The van der Waals surface area contributed by atoms with E-state index in [4.69, 9.17) is 10.5 Å². The first kappa shape index (κ1) is 21.1. The molecule has 1 heterocycles. The van der Waals surface area contributed by atoms with Crippen molar-refractivity contribution < 1.29 is 26.3 Å². The van der Waals surface area contributed by atoms with Crippen molar-refractivity contribution in [1.29, 1.82) is 0 Å². The van der Waals surface area contributed by atoms with Crippen LogP contribution in [-0.2, 0) is 10.0 Å². The third kappa shape index (κ3) is 4.52. The van der Waals surface area contributed by atoms with Gasteiger partial charge in [0.25, 0.3) is 0 Å². The Hall–Kier alpha value is -2.62. The number of ether oxygens (including phenoxy) is 1. The van der Waals surface area contributed by atoms with Gasteiger partial charge in [0.15, 0.2) is 17.2 Å². The first-order valence-corrected chi connectivity index (χ1v) is 10.4. The van der Waals surface area contributed by atoms with E-state index in [1.165, 1.54) is 24.4 Å². The molecule has 0 saturated carbocycles. The number of alkyl halides is 3. The number of rotatable bonds is 6. The van der Waals surface area contributed by atoms with Crippen LogP contribution in [0.3, 0.4) is 0 Å². The molecule has 0 amide bonds. The first-order valence-electron chi connectivity index (χ1n) is 8.75. The van der Waals surface area contributed by atoms with Crippen LogP contribution in [0, 0.1) is 0 Å². The molecule has 3 rings (SSSR count). The van der Waals surface area contributed by atoms with Gasteiger partial charge < -0.3 is 10.5 Å². The van der Waals surface area contributed by atoms with Crippen LogP contribution in [0.4, 0.5) is 18.9 Å². The van der Waals surface area contributed by atoms with Crippen molar-refractivity contribution in [2.45, 2.75) is 6.18 Å². The van der Waals surface area contributed by atoms with Crippen molar-refractivity contribution in [3.63, 3.8) is 0 Å². The smallest absolute Gasteiger partial charge is 0.408 e. The lowest BCUT2D eigenvalue weighted by atomic mass is 10.1. The maximum atomic E-state index is 13.1. The molecule has 1 aliphatic heterocycles. The van der Waals surface area contributed by atoms with E-state index < -0.39 is 25.8 Å². The van der Waals surface area contributed by atoms with Crippen molar-refractivity contribution in [3.05, 3.63) is 78.5 Å². The van der Waals surface area contributed by atoms with Crippen molar-refractivity contribution in [1.82, 2.24) is 3.89 Å².